The molecule has 2 unspecified atom stereocenters. The van der Waals surface area contributed by atoms with E-state index in [1.54, 1.807) is 12.1 Å². The SMILES string of the molecule is CCC(C)C(N)C(=O)Nc1ccc(OCC(=O)OC)c(Cl)c1.Cl. The minimum absolute atomic E-state index is 0. The van der Waals surface area contributed by atoms with Crippen molar-refractivity contribution in [2.24, 2.45) is 11.7 Å². The van der Waals surface area contributed by atoms with Crippen LogP contribution >= 0.6 is 24.0 Å². The largest absolute Gasteiger partial charge is 0.480 e. The van der Waals surface area contributed by atoms with Gasteiger partial charge in [-0.05, 0) is 24.1 Å². The molecule has 0 aliphatic carbocycles. The summed E-state index contributed by atoms with van der Waals surface area (Å²) in [7, 11) is 1.27. The zero-order valence-corrected chi connectivity index (χ0v) is 14.9. The molecule has 1 aromatic carbocycles. The first-order valence-corrected chi connectivity index (χ1v) is 7.32. The molecule has 0 heterocycles. The van der Waals surface area contributed by atoms with Crippen LogP contribution in [0.15, 0.2) is 18.2 Å². The van der Waals surface area contributed by atoms with Crippen LogP contribution in [0.3, 0.4) is 0 Å². The van der Waals surface area contributed by atoms with Crippen LogP contribution in [0.5, 0.6) is 5.75 Å². The quantitative estimate of drug-likeness (QED) is 0.725. The van der Waals surface area contributed by atoms with E-state index in [-0.39, 0.29) is 35.9 Å². The van der Waals surface area contributed by atoms with Gasteiger partial charge < -0.3 is 20.5 Å². The van der Waals surface area contributed by atoms with Crippen molar-refractivity contribution in [3.05, 3.63) is 23.2 Å². The highest BCUT2D eigenvalue weighted by Gasteiger charge is 2.19. The number of halogens is 2. The van der Waals surface area contributed by atoms with E-state index in [9.17, 15) is 9.59 Å². The maximum absolute atomic E-state index is 12.0. The number of rotatable bonds is 7. The van der Waals surface area contributed by atoms with Crippen LogP contribution in [0.1, 0.15) is 20.3 Å². The Bertz CT molecular complexity index is 540. The second-order valence-corrected chi connectivity index (χ2v) is 5.32. The van der Waals surface area contributed by atoms with Crippen LogP contribution < -0.4 is 15.8 Å². The van der Waals surface area contributed by atoms with Crippen molar-refractivity contribution in [3.63, 3.8) is 0 Å². The van der Waals surface area contributed by atoms with E-state index in [1.807, 2.05) is 13.8 Å². The maximum atomic E-state index is 12.0. The molecule has 0 bridgehead atoms. The third-order valence-corrected chi connectivity index (χ3v) is 3.63. The Kier molecular flexibility index (Phi) is 9.64. The smallest absolute Gasteiger partial charge is 0.343 e. The first kappa shape index (κ1) is 21.5. The lowest BCUT2D eigenvalue weighted by molar-refractivity contribution is -0.142. The van der Waals surface area contributed by atoms with Gasteiger partial charge in [0.25, 0.3) is 0 Å². The summed E-state index contributed by atoms with van der Waals surface area (Å²) < 4.78 is 9.68. The molecule has 2 atom stereocenters. The third kappa shape index (κ3) is 6.64. The van der Waals surface area contributed by atoms with Gasteiger partial charge >= 0.3 is 5.97 Å². The van der Waals surface area contributed by atoms with Crippen molar-refractivity contribution in [1.29, 1.82) is 0 Å². The molecule has 8 heteroatoms. The molecule has 0 aliphatic rings. The molecule has 0 radical (unpaired) electrons. The summed E-state index contributed by atoms with van der Waals surface area (Å²) in [5.74, 6) is -0.365. The number of benzene rings is 1. The number of methoxy groups -OCH3 is 1. The first-order valence-electron chi connectivity index (χ1n) is 6.94. The molecule has 6 nitrogen and oxygen atoms in total. The Morgan fingerprint density at radius 3 is 2.57 bits per heavy atom. The van der Waals surface area contributed by atoms with Gasteiger partial charge in [-0.25, -0.2) is 4.79 Å². The zero-order valence-electron chi connectivity index (χ0n) is 13.3. The average Bonchev–Trinajstić information content (AvgIpc) is 2.52. The van der Waals surface area contributed by atoms with Gasteiger partial charge in [0, 0.05) is 5.69 Å². The molecule has 0 aromatic heterocycles. The molecule has 1 aromatic rings. The molecule has 23 heavy (non-hydrogen) atoms. The molecule has 3 N–H and O–H groups in total. The summed E-state index contributed by atoms with van der Waals surface area (Å²) >= 11 is 6.05. The molecule has 0 aliphatic heterocycles. The number of nitrogens with two attached hydrogens (primary N) is 1. The number of carbonyl (C=O) groups is 2. The number of anilines is 1. The Morgan fingerprint density at radius 1 is 1.39 bits per heavy atom. The molecule has 1 rings (SSSR count). The molecule has 0 spiro atoms. The third-order valence-electron chi connectivity index (χ3n) is 3.33. The molecular weight excluding hydrogens is 343 g/mol. The van der Waals surface area contributed by atoms with Gasteiger partial charge in [-0.15, -0.1) is 12.4 Å². The van der Waals surface area contributed by atoms with Crippen LogP contribution in [-0.4, -0.2) is 31.6 Å². The highest BCUT2D eigenvalue weighted by atomic mass is 35.5. The number of nitrogens with one attached hydrogen (secondary N) is 1. The van der Waals surface area contributed by atoms with Crippen LogP contribution in [0.2, 0.25) is 5.02 Å². The van der Waals surface area contributed by atoms with Crippen molar-refractivity contribution in [2.45, 2.75) is 26.3 Å². The first-order chi connectivity index (χ1) is 10.4. The van der Waals surface area contributed by atoms with E-state index in [2.05, 4.69) is 10.1 Å². The van der Waals surface area contributed by atoms with Crippen molar-refractivity contribution in [1.82, 2.24) is 0 Å². The molecule has 0 fully saturated rings. The fraction of sp³-hybridized carbons (Fsp3) is 0.467. The van der Waals surface area contributed by atoms with Crippen molar-refractivity contribution in [3.8, 4) is 5.75 Å². The van der Waals surface area contributed by atoms with Crippen molar-refractivity contribution < 1.29 is 19.1 Å². The Hall–Kier alpha value is -1.50. The predicted octanol–water partition coefficient (Wildman–Crippen LogP) is 2.63. The van der Waals surface area contributed by atoms with Crippen molar-refractivity contribution >= 4 is 41.6 Å². The monoisotopic (exact) mass is 364 g/mol. The Balaban J connectivity index is 0.00000484. The minimum atomic E-state index is -0.584. The number of ether oxygens (including phenoxy) is 2. The number of carbonyl (C=O) groups excluding carboxylic acids is 2. The number of esters is 1. The second-order valence-electron chi connectivity index (χ2n) is 4.91. The summed E-state index contributed by atoms with van der Waals surface area (Å²) in [6.07, 6.45) is 0.815. The van der Waals surface area contributed by atoms with Gasteiger partial charge in [0.2, 0.25) is 5.91 Å². The topological polar surface area (TPSA) is 90.7 Å². The molecule has 0 saturated carbocycles. The van der Waals surface area contributed by atoms with Crippen LogP contribution in [0.4, 0.5) is 5.69 Å². The average molecular weight is 365 g/mol. The van der Waals surface area contributed by atoms with Crippen LogP contribution in [-0.2, 0) is 14.3 Å². The van der Waals surface area contributed by atoms with Gasteiger partial charge in [-0.3, -0.25) is 4.79 Å². The summed E-state index contributed by atoms with van der Waals surface area (Å²) in [4.78, 5) is 23.0. The number of hydrogen-bond acceptors (Lipinski definition) is 5. The zero-order chi connectivity index (χ0) is 16.7. The highest BCUT2D eigenvalue weighted by Crippen LogP contribution is 2.27. The highest BCUT2D eigenvalue weighted by molar-refractivity contribution is 6.32. The predicted molar refractivity (Wildman–Crippen MR) is 92.3 cm³/mol. The molecular formula is C15H22Cl2N2O4. The summed E-state index contributed by atoms with van der Waals surface area (Å²) in [6.45, 7) is 3.66. The minimum Gasteiger partial charge on any atom is -0.480 e. The Labute approximate surface area is 147 Å². The standard InChI is InChI=1S/C15H21ClN2O4.ClH/c1-4-9(2)14(17)15(20)18-10-5-6-12(11(16)7-10)22-8-13(19)21-3;/h5-7,9,14H,4,8,17H2,1-3H3,(H,18,20);1H. The van der Waals surface area contributed by atoms with E-state index in [4.69, 9.17) is 22.1 Å². The lowest BCUT2D eigenvalue weighted by Crippen LogP contribution is -2.40. The Morgan fingerprint density at radius 2 is 2.04 bits per heavy atom. The second kappa shape index (κ2) is 10.3. The summed E-state index contributed by atoms with van der Waals surface area (Å²) in [5.41, 5.74) is 6.38. The van der Waals surface area contributed by atoms with Gasteiger partial charge in [0.05, 0.1) is 18.2 Å². The van der Waals surface area contributed by atoms with E-state index in [0.717, 1.165) is 6.42 Å². The van der Waals surface area contributed by atoms with Crippen molar-refractivity contribution in [2.75, 3.05) is 19.0 Å². The normalized spacial score (nSPS) is 12.6. The van der Waals surface area contributed by atoms with Gasteiger partial charge in [0.1, 0.15) is 5.75 Å². The molecule has 130 valence electrons. The molecule has 1 amide bonds. The van der Waals surface area contributed by atoms with E-state index in [1.165, 1.54) is 13.2 Å². The summed E-state index contributed by atoms with van der Waals surface area (Å²) in [6, 6.07) is 4.14. The lowest BCUT2D eigenvalue weighted by Gasteiger charge is -2.18. The fourth-order valence-electron chi connectivity index (χ4n) is 1.63. The van der Waals surface area contributed by atoms with E-state index >= 15 is 0 Å². The fourth-order valence-corrected chi connectivity index (χ4v) is 1.86. The van der Waals surface area contributed by atoms with E-state index < -0.39 is 12.0 Å². The summed E-state index contributed by atoms with van der Waals surface area (Å²) in [5, 5.41) is 2.98. The number of amides is 1. The van der Waals surface area contributed by atoms with E-state index in [0.29, 0.717) is 11.4 Å². The number of hydrogen-bond donors (Lipinski definition) is 2. The van der Waals surface area contributed by atoms with Gasteiger partial charge in [-0.1, -0.05) is 31.9 Å². The molecule has 0 saturated heterocycles. The van der Waals surface area contributed by atoms with Crippen LogP contribution in [0.25, 0.3) is 0 Å². The van der Waals surface area contributed by atoms with Crippen LogP contribution in [0, 0.1) is 5.92 Å². The maximum Gasteiger partial charge on any atom is 0.343 e. The lowest BCUT2D eigenvalue weighted by atomic mass is 9.99. The van der Waals surface area contributed by atoms with Gasteiger partial charge in [-0.2, -0.15) is 0 Å². The van der Waals surface area contributed by atoms with Gasteiger partial charge in [0.15, 0.2) is 6.61 Å².